The summed E-state index contributed by atoms with van der Waals surface area (Å²) < 4.78 is 27.9. The van der Waals surface area contributed by atoms with Gasteiger partial charge in [-0.25, -0.2) is 8.42 Å². The molecule has 0 saturated carbocycles. The largest absolute Gasteiger partial charge is 0.392 e. The summed E-state index contributed by atoms with van der Waals surface area (Å²) in [6, 6.07) is 10.0. The van der Waals surface area contributed by atoms with Gasteiger partial charge in [-0.1, -0.05) is 30.3 Å². The fraction of sp³-hybridized carbons (Fsp3) is 0.625. The van der Waals surface area contributed by atoms with Gasteiger partial charge in [-0.05, 0) is 31.2 Å². The summed E-state index contributed by atoms with van der Waals surface area (Å²) in [6.45, 7) is 1.27. The van der Waals surface area contributed by atoms with Crippen molar-refractivity contribution in [3.05, 3.63) is 35.9 Å². The molecule has 1 saturated heterocycles. The summed E-state index contributed by atoms with van der Waals surface area (Å²) in [7, 11) is -2.97. The van der Waals surface area contributed by atoms with E-state index in [1.54, 1.807) is 0 Å². The third-order valence-corrected chi connectivity index (χ3v) is 5.39. The number of aliphatic hydroxyl groups is 1. The van der Waals surface area contributed by atoms with Gasteiger partial charge in [0.2, 0.25) is 0 Å². The summed E-state index contributed by atoms with van der Waals surface area (Å²) in [5.74, 6) is 0.130. The first-order chi connectivity index (χ1) is 9.94. The maximum absolute atomic E-state index is 11.2. The van der Waals surface area contributed by atoms with Crippen molar-refractivity contribution in [2.45, 2.75) is 37.2 Å². The van der Waals surface area contributed by atoms with Crippen molar-refractivity contribution in [3.63, 3.8) is 0 Å². The number of hydrogen-bond acceptors (Lipinski definition) is 4. The molecule has 1 unspecified atom stereocenters. The molecule has 1 aliphatic heterocycles. The molecule has 0 spiro atoms. The van der Waals surface area contributed by atoms with Crippen LogP contribution in [0.3, 0.4) is 0 Å². The van der Waals surface area contributed by atoms with Gasteiger partial charge >= 0.3 is 0 Å². The Kier molecular flexibility index (Phi) is 5.41. The Morgan fingerprint density at radius 3 is 2.43 bits per heavy atom. The molecule has 0 aliphatic carbocycles. The molecule has 118 valence electrons. The lowest BCUT2D eigenvalue weighted by Crippen LogP contribution is -2.44. The first kappa shape index (κ1) is 16.5. The van der Waals surface area contributed by atoms with E-state index in [1.807, 2.05) is 30.3 Å². The molecule has 1 heterocycles. The molecule has 1 atom stereocenters. The molecule has 2 rings (SSSR count). The highest BCUT2D eigenvalue weighted by Gasteiger charge is 2.40. The zero-order chi connectivity index (χ0) is 15.3. The van der Waals surface area contributed by atoms with Gasteiger partial charge in [-0.3, -0.25) is 0 Å². The highest BCUT2D eigenvalue weighted by atomic mass is 32.2. The maximum Gasteiger partial charge on any atom is 0.147 e. The average Bonchev–Trinajstić information content (AvgIpc) is 2.47. The third-order valence-electron chi connectivity index (χ3n) is 4.36. The van der Waals surface area contributed by atoms with Crippen LogP contribution in [0.25, 0.3) is 0 Å². The molecule has 1 fully saturated rings. The van der Waals surface area contributed by atoms with Gasteiger partial charge in [0.05, 0.1) is 6.10 Å². The van der Waals surface area contributed by atoms with E-state index in [0.717, 1.165) is 18.4 Å². The van der Waals surface area contributed by atoms with Gasteiger partial charge in [0, 0.05) is 30.6 Å². The van der Waals surface area contributed by atoms with E-state index in [-0.39, 0.29) is 11.2 Å². The number of benzene rings is 1. The van der Waals surface area contributed by atoms with E-state index in [4.69, 9.17) is 4.74 Å². The van der Waals surface area contributed by atoms with Crippen molar-refractivity contribution < 1.29 is 18.3 Å². The van der Waals surface area contributed by atoms with Gasteiger partial charge in [-0.15, -0.1) is 0 Å². The Labute approximate surface area is 127 Å². The van der Waals surface area contributed by atoms with Gasteiger partial charge in [0.1, 0.15) is 9.84 Å². The number of hydrogen-bond donors (Lipinski definition) is 1. The second-order valence-electron chi connectivity index (χ2n) is 5.92. The fourth-order valence-electron chi connectivity index (χ4n) is 3.14. The SMILES string of the molecule is CS(=O)(=O)CCCC(O)C1(c2ccccc2)CCOCC1. The van der Waals surface area contributed by atoms with E-state index in [2.05, 4.69) is 0 Å². The molecule has 1 aliphatic rings. The zero-order valence-electron chi connectivity index (χ0n) is 12.5. The molecule has 5 heteroatoms. The predicted octanol–water partition coefficient (Wildman–Crippen LogP) is 1.92. The topological polar surface area (TPSA) is 63.6 Å². The van der Waals surface area contributed by atoms with Crippen molar-refractivity contribution in [1.29, 1.82) is 0 Å². The zero-order valence-corrected chi connectivity index (χ0v) is 13.3. The van der Waals surface area contributed by atoms with Crippen molar-refractivity contribution in [2.24, 2.45) is 0 Å². The van der Waals surface area contributed by atoms with Crippen LogP contribution in [0.4, 0.5) is 0 Å². The summed E-state index contributed by atoms with van der Waals surface area (Å²) in [4.78, 5) is 0. The van der Waals surface area contributed by atoms with Crippen molar-refractivity contribution in [3.8, 4) is 0 Å². The van der Waals surface area contributed by atoms with Crippen LogP contribution in [0.15, 0.2) is 30.3 Å². The molecule has 1 aromatic rings. The monoisotopic (exact) mass is 312 g/mol. The highest BCUT2D eigenvalue weighted by molar-refractivity contribution is 7.90. The quantitative estimate of drug-likeness (QED) is 0.871. The van der Waals surface area contributed by atoms with E-state index in [0.29, 0.717) is 26.1 Å². The molecule has 0 amide bonds. The van der Waals surface area contributed by atoms with E-state index >= 15 is 0 Å². The summed E-state index contributed by atoms with van der Waals surface area (Å²) in [5, 5.41) is 10.7. The normalized spacial score (nSPS) is 20.1. The van der Waals surface area contributed by atoms with Gasteiger partial charge in [0.25, 0.3) is 0 Å². The molecule has 0 radical (unpaired) electrons. The second-order valence-corrected chi connectivity index (χ2v) is 8.18. The molecule has 21 heavy (non-hydrogen) atoms. The molecular weight excluding hydrogens is 288 g/mol. The number of rotatable bonds is 6. The lowest BCUT2D eigenvalue weighted by Gasteiger charge is -2.41. The van der Waals surface area contributed by atoms with Crippen LogP contribution in [0.2, 0.25) is 0 Å². The number of ether oxygens (including phenoxy) is 1. The first-order valence-electron chi connectivity index (χ1n) is 7.43. The van der Waals surface area contributed by atoms with Crippen LogP contribution in [0, 0.1) is 0 Å². The standard InChI is InChI=1S/C16H24O4S/c1-21(18,19)13-5-8-15(17)16(9-11-20-12-10-16)14-6-3-2-4-7-14/h2-4,6-7,15,17H,5,8-13H2,1H3. The minimum absolute atomic E-state index is 0.130. The van der Waals surface area contributed by atoms with Crippen molar-refractivity contribution in [1.82, 2.24) is 0 Å². The third kappa shape index (κ3) is 4.28. The Bertz CT molecular complexity index is 533. The Morgan fingerprint density at radius 2 is 1.86 bits per heavy atom. The lowest BCUT2D eigenvalue weighted by atomic mass is 9.69. The molecule has 1 N–H and O–H groups in total. The molecule has 0 bridgehead atoms. The molecule has 4 nitrogen and oxygen atoms in total. The highest BCUT2D eigenvalue weighted by Crippen LogP contribution is 2.39. The Morgan fingerprint density at radius 1 is 1.24 bits per heavy atom. The van der Waals surface area contributed by atoms with E-state index in [1.165, 1.54) is 6.26 Å². The lowest BCUT2D eigenvalue weighted by molar-refractivity contribution is -0.0190. The van der Waals surface area contributed by atoms with Crippen LogP contribution < -0.4 is 0 Å². The molecular formula is C16H24O4S. The van der Waals surface area contributed by atoms with Crippen molar-refractivity contribution in [2.75, 3.05) is 25.2 Å². The van der Waals surface area contributed by atoms with Crippen LogP contribution >= 0.6 is 0 Å². The fourth-order valence-corrected chi connectivity index (χ4v) is 3.83. The Hall–Kier alpha value is -0.910. The van der Waals surface area contributed by atoms with Gasteiger partial charge < -0.3 is 9.84 Å². The van der Waals surface area contributed by atoms with Crippen LogP contribution in [-0.2, 0) is 20.0 Å². The summed E-state index contributed by atoms with van der Waals surface area (Å²) in [5.41, 5.74) is 0.817. The van der Waals surface area contributed by atoms with Crippen LogP contribution in [0.5, 0.6) is 0 Å². The minimum atomic E-state index is -2.97. The Balaban J connectivity index is 2.12. The van der Waals surface area contributed by atoms with Crippen molar-refractivity contribution >= 4 is 9.84 Å². The summed E-state index contributed by atoms with van der Waals surface area (Å²) in [6.07, 6.45) is 3.25. The van der Waals surface area contributed by atoms with E-state index in [9.17, 15) is 13.5 Å². The maximum atomic E-state index is 11.2. The smallest absolute Gasteiger partial charge is 0.147 e. The average molecular weight is 312 g/mol. The van der Waals surface area contributed by atoms with Gasteiger partial charge in [-0.2, -0.15) is 0 Å². The minimum Gasteiger partial charge on any atom is -0.392 e. The van der Waals surface area contributed by atoms with E-state index < -0.39 is 15.9 Å². The van der Waals surface area contributed by atoms with Crippen LogP contribution in [0.1, 0.15) is 31.2 Å². The second kappa shape index (κ2) is 6.90. The molecule has 1 aromatic carbocycles. The first-order valence-corrected chi connectivity index (χ1v) is 9.49. The number of sulfone groups is 1. The summed E-state index contributed by atoms with van der Waals surface area (Å²) >= 11 is 0. The number of aliphatic hydroxyl groups excluding tert-OH is 1. The van der Waals surface area contributed by atoms with Gasteiger partial charge in [0.15, 0.2) is 0 Å². The predicted molar refractivity (Wildman–Crippen MR) is 83.1 cm³/mol. The van der Waals surface area contributed by atoms with Crippen LogP contribution in [-0.4, -0.2) is 44.9 Å². The molecule has 0 aromatic heterocycles.